The van der Waals surface area contributed by atoms with Crippen molar-refractivity contribution in [2.24, 2.45) is 17.4 Å². The van der Waals surface area contributed by atoms with E-state index in [-0.39, 0.29) is 0 Å². The molecule has 64 valence electrons. The summed E-state index contributed by atoms with van der Waals surface area (Å²) in [7, 11) is 0. The van der Waals surface area contributed by atoms with Crippen molar-refractivity contribution in [2.75, 3.05) is 0 Å². The summed E-state index contributed by atoms with van der Waals surface area (Å²) in [6.45, 7) is 10.1. The molecule has 0 aliphatic carbocycles. The van der Waals surface area contributed by atoms with Crippen molar-refractivity contribution >= 4 is 0 Å². The van der Waals surface area contributed by atoms with Gasteiger partial charge in [-0.3, -0.25) is 0 Å². The quantitative estimate of drug-likeness (QED) is 0.586. The van der Waals surface area contributed by atoms with Crippen molar-refractivity contribution < 1.29 is 0 Å². The third-order valence-electron chi connectivity index (χ3n) is 1.05. The minimum Gasteiger partial charge on any atom is -0.328 e. The van der Waals surface area contributed by atoms with Gasteiger partial charge in [0.1, 0.15) is 0 Å². The Labute approximate surface area is 65.0 Å². The summed E-state index contributed by atoms with van der Waals surface area (Å²) < 4.78 is 0. The van der Waals surface area contributed by atoms with E-state index in [0.717, 1.165) is 0 Å². The second-order valence-corrected chi connectivity index (χ2v) is 3.35. The topological polar surface area (TPSA) is 52.0 Å². The molecule has 2 heteroatoms. The Morgan fingerprint density at radius 3 is 0.900 bits per heavy atom. The van der Waals surface area contributed by atoms with Gasteiger partial charge in [0.2, 0.25) is 0 Å². The molecule has 0 heterocycles. The van der Waals surface area contributed by atoms with Crippen molar-refractivity contribution in [3.63, 3.8) is 0 Å². The zero-order valence-corrected chi connectivity index (χ0v) is 7.89. The maximum Gasteiger partial charge on any atom is 0.00334 e. The first-order valence-corrected chi connectivity index (χ1v) is 3.89. The van der Waals surface area contributed by atoms with Crippen LogP contribution in [0.15, 0.2) is 0 Å². The number of rotatable bonds is 1. The molecule has 0 aliphatic rings. The number of hydrogen-bond donors (Lipinski definition) is 2. The lowest BCUT2D eigenvalue weighted by molar-refractivity contribution is 0.529. The van der Waals surface area contributed by atoms with Gasteiger partial charge < -0.3 is 11.5 Å². The highest BCUT2D eigenvalue weighted by atomic mass is 14.6. The highest BCUT2D eigenvalue weighted by molar-refractivity contribution is 4.55. The number of nitrogens with two attached hydrogens (primary N) is 2. The predicted molar refractivity (Wildman–Crippen MR) is 47.8 cm³/mol. The van der Waals surface area contributed by atoms with E-state index in [1.54, 1.807) is 0 Å². The van der Waals surface area contributed by atoms with Crippen LogP contribution in [-0.2, 0) is 0 Å². The molecule has 0 rings (SSSR count). The van der Waals surface area contributed by atoms with E-state index in [2.05, 4.69) is 13.8 Å². The summed E-state index contributed by atoms with van der Waals surface area (Å²) in [5, 5.41) is 0. The van der Waals surface area contributed by atoms with Crippen LogP contribution in [0.1, 0.15) is 34.6 Å². The standard InChI is InChI=1S/C5H13N.C3H9N/c1-4(2)5(3)6;1-3(2)4/h4-5H,6H2,1-3H3;3H,4H2,1-2H3. The zero-order valence-electron chi connectivity index (χ0n) is 7.89. The van der Waals surface area contributed by atoms with Gasteiger partial charge in [-0.15, -0.1) is 0 Å². The van der Waals surface area contributed by atoms with E-state index in [1.807, 2.05) is 20.8 Å². The van der Waals surface area contributed by atoms with Gasteiger partial charge in [-0.25, -0.2) is 0 Å². The summed E-state index contributed by atoms with van der Waals surface area (Å²) in [4.78, 5) is 0. The minimum atomic E-state index is 0.333. The Bertz CT molecular complexity index is 49.5. The van der Waals surface area contributed by atoms with Crippen LogP contribution < -0.4 is 11.5 Å². The third-order valence-corrected chi connectivity index (χ3v) is 1.05. The van der Waals surface area contributed by atoms with Gasteiger partial charge in [-0.2, -0.15) is 0 Å². The Balaban J connectivity index is 0. The first-order chi connectivity index (χ1) is 4.37. The Hall–Kier alpha value is -0.0800. The van der Waals surface area contributed by atoms with Crippen LogP contribution in [0.25, 0.3) is 0 Å². The molecule has 0 aromatic heterocycles. The monoisotopic (exact) mass is 146 g/mol. The second kappa shape index (κ2) is 7.03. The maximum absolute atomic E-state index is 5.44. The average molecular weight is 146 g/mol. The summed E-state index contributed by atoms with van der Waals surface area (Å²) in [6, 6.07) is 0.685. The molecule has 0 aromatic rings. The van der Waals surface area contributed by atoms with Crippen molar-refractivity contribution in [3.05, 3.63) is 0 Å². The van der Waals surface area contributed by atoms with Gasteiger partial charge in [0.05, 0.1) is 0 Å². The number of hydrogen-bond acceptors (Lipinski definition) is 2. The largest absolute Gasteiger partial charge is 0.328 e. The molecular formula is C8H22N2. The van der Waals surface area contributed by atoms with E-state index in [1.165, 1.54) is 0 Å². The molecule has 0 saturated carbocycles. The first kappa shape index (κ1) is 12.6. The molecule has 10 heavy (non-hydrogen) atoms. The van der Waals surface area contributed by atoms with Crippen molar-refractivity contribution in [3.8, 4) is 0 Å². The molecule has 1 atom stereocenters. The molecular weight excluding hydrogens is 124 g/mol. The Morgan fingerprint density at radius 2 is 0.900 bits per heavy atom. The Morgan fingerprint density at radius 1 is 0.800 bits per heavy atom. The summed E-state index contributed by atoms with van der Waals surface area (Å²) in [6.07, 6.45) is 0. The van der Waals surface area contributed by atoms with E-state index < -0.39 is 0 Å². The van der Waals surface area contributed by atoms with Crippen LogP contribution >= 0.6 is 0 Å². The van der Waals surface area contributed by atoms with E-state index in [4.69, 9.17) is 11.5 Å². The molecule has 1 unspecified atom stereocenters. The fraction of sp³-hybridized carbons (Fsp3) is 1.00. The fourth-order valence-corrected chi connectivity index (χ4v) is 0. The molecule has 0 spiro atoms. The summed E-state index contributed by atoms with van der Waals surface area (Å²) >= 11 is 0. The molecule has 0 amide bonds. The molecule has 0 fully saturated rings. The van der Waals surface area contributed by atoms with Crippen LogP contribution in [0.4, 0.5) is 0 Å². The first-order valence-electron chi connectivity index (χ1n) is 3.89. The van der Waals surface area contributed by atoms with Crippen LogP contribution in [-0.4, -0.2) is 12.1 Å². The molecule has 0 bridgehead atoms. The summed E-state index contributed by atoms with van der Waals surface area (Å²) in [5.41, 5.74) is 10.5. The maximum atomic E-state index is 5.44. The van der Waals surface area contributed by atoms with Crippen LogP contribution in [0.5, 0.6) is 0 Å². The SMILES string of the molecule is CC(C)C(C)N.CC(C)N. The molecule has 0 radical (unpaired) electrons. The lowest BCUT2D eigenvalue weighted by atomic mass is 10.1. The normalized spacial score (nSPS) is 12.9. The lowest BCUT2D eigenvalue weighted by Gasteiger charge is -2.05. The third kappa shape index (κ3) is 24.7. The molecule has 0 saturated heterocycles. The lowest BCUT2D eigenvalue weighted by Crippen LogP contribution is -2.21. The van der Waals surface area contributed by atoms with Crippen molar-refractivity contribution in [2.45, 2.75) is 46.7 Å². The predicted octanol–water partition coefficient (Wildman–Crippen LogP) is 1.34. The van der Waals surface area contributed by atoms with E-state index in [9.17, 15) is 0 Å². The highest BCUT2D eigenvalue weighted by Crippen LogP contribution is 1.93. The van der Waals surface area contributed by atoms with Gasteiger partial charge in [-0.1, -0.05) is 27.7 Å². The van der Waals surface area contributed by atoms with Crippen LogP contribution in [0.3, 0.4) is 0 Å². The fourth-order valence-electron chi connectivity index (χ4n) is 0. The van der Waals surface area contributed by atoms with Gasteiger partial charge >= 0.3 is 0 Å². The van der Waals surface area contributed by atoms with Crippen molar-refractivity contribution in [1.82, 2.24) is 0 Å². The minimum absolute atomic E-state index is 0.333. The average Bonchev–Trinajstić information content (AvgIpc) is 1.63. The van der Waals surface area contributed by atoms with Crippen molar-refractivity contribution in [1.29, 1.82) is 0 Å². The van der Waals surface area contributed by atoms with Crippen LogP contribution in [0, 0.1) is 5.92 Å². The van der Waals surface area contributed by atoms with Gasteiger partial charge in [0.15, 0.2) is 0 Å². The summed E-state index contributed by atoms with van der Waals surface area (Å²) in [5.74, 6) is 0.630. The smallest absolute Gasteiger partial charge is 0.00334 e. The van der Waals surface area contributed by atoms with Gasteiger partial charge in [0, 0.05) is 6.04 Å². The van der Waals surface area contributed by atoms with Crippen LogP contribution in [0.2, 0.25) is 0 Å². The van der Waals surface area contributed by atoms with Gasteiger partial charge in [0.25, 0.3) is 0 Å². The van der Waals surface area contributed by atoms with E-state index in [0.29, 0.717) is 18.0 Å². The molecule has 0 aromatic carbocycles. The highest BCUT2D eigenvalue weighted by Gasteiger charge is 1.95. The second-order valence-electron chi connectivity index (χ2n) is 3.35. The van der Waals surface area contributed by atoms with E-state index >= 15 is 0 Å². The molecule has 2 nitrogen and oxygen atoms in total. The molecule has 0 aliphatic heterocycles. The Kier molecular flexibility index (Phi) is 8.85. The molecule has 4 N–H and O–H groups in total. The zero-order chi connectivity index (χ0) is 8.73. The van der Waals surface area contributed by atoms with Gasteiger partial charge in [-0.05, 0) is 18.9 Å².